The van der Waals surface area contributed by atoms with E-state index in [1.165, 1.54) is 11.1 Å². The van der Waals surface area contributed by atoms with Gasteiger partial charge in [0.15, 0.2) is 11.5 Å². The molecule has 0 atom stereocenters. The second-order valence-corrected chi connectivity index (χ2v) is 5.11. The molecule has 0 bridgehead atoms. The molecule has 18 heavy (non-hydrogen) atoms. The van der Waals surface area contributed by atoms with Crippen molar-refractivity contribution in [3.8, 4) is 11.5 Å². The average Bonchev–Trinajstić information content (AvgIpc) is 2.90. The number of rotatable bonds is 6. The Bertz CT molecular complexity index is 483. The molecule has 0 fully saturated rings. The minimum absolute atomic E-state index is 0.581. The van der Waals surface area contributed by atoms with Crippen LogP contribution in [0, 0.1) is 0 Å². The maximum atomic E-state index is 5.80. The molecule has 1 heterocycles. The molecule has 0 unspecified atom stereocenters. The molecule has 0 saturated carbocycles. The molecule has 0 radical (unpaired) electrons. The Kier molecular flexibility index (Phi) is 5.08. The zero-order valence-corrected chi connectivity index (χ0v) is 12.6. The first-order valence-electron chi connectivity index (χ1n) is 5.79. The summed E-state index contributed by atoms with van der Waals surface area (Å²) in [4.78, 5) is 0. The van der Waals surface area contributed by atoms with Crippen LogP contribution < -0.4 is 9.47 Å². The van der Waals surface area contributed by atoms with Crippen LogP contribution in [0.15, 0.2) is 35.0 Å². The summed E-state index contributed by atoms with van der Waals surface area (Å²) in [7, 11) is 0. The molecular weight excluding hydrogens is 312 g/mol. The molecule has 2 aromatic rings. The molecule has 4 heteroatoms. The van der Waals surface area contributed by atoms with E-state index in [4.69, 9.17) is 9.47 Å². The normalized spacial score (nSPS) is 10.3. The Hall–Kier alpha value is -1.00. The number of hydrogen-bond donors (Lipinski definition) is 0. The highest BCUT2D eigenvalue weighted by molar-refractivity contribution is 9.08. The van der Waals surface area contributed by atoms with Crippen LogP contribution in [-0.2, 0) is 11.9 Å². The topological polar surface area (TPSA) is 18.5 Å². The van der Waals surface area contributed by atoms with Crippen LogP contribution in [0.5, 0.6) is 11.5 Å². The Morgan fingerprint density at radius 3 is 2.67 bits per heavy atom. The standard InChI is InChI=1S/C14H15BrO2S/c1-2-16-14-7-11(8-15)3-4-13(14)17-9-12-5-6-18-10-12/h3-7,10H,2,8-9H2,1H3. The van der Waals surface area contributed by atoms with E-state index in [1.54, 1.807) is 11.3 Å². The zero-order chi connectivity index (χ0) is 12.8. The van der Waals surface area contributed by atoms with Gasteiger partial charge in [0.25, 0.3) is 0 Å². The van der Waals surface area contributed by atoms with Gasteiger partial charge in [-0.2, -0.15) is 11.3 Å². The van der Waals surface area contributed by atoms with Crippen molar-refractivity contribution in [2.75, 3.05) is 6.61 Å². The number of hydrogen-bond acceptors (Lipinski definition) is 3. The Morgan fingerprint density at radius 1 is 1.11 bits per heavy atom. The SMILES string of the molecule is CCOc1cc(CBr)ccc1OCc1ccsc1. The third-order valence-corrected chi connectivity index (χ3v) is 3.82. The van der Waals surface area contributed by atoms with Gasteiger partial charge in [-0.3, -0.25) is 0 Å². The molecular formula is C14H15BrO2S. The number of ether oxygens (including phenoxy) is 2. The monoisotopic (exact) mass is 326 g/mol. The van der Waals surface area contributed by atoms with Gasteiger partial charge in [-0.1, -0.05) is 22.0 Å². The largest absolute Gasteiger partial charge is 0.490 e. The van der Waals surface area contributed by atoms with Crippen LogP contribution in [0.2, 0.25) is 0 Å². The second-order valence-electron chi connectivity index (χ2n) is 3.77. The van der Waals surface area contributed by atoms with Gasteiger partial charge in [0.05, 0.1) is 6.61 Å². The molecule has 0 aliphatic carbocycles. The lowest BCUT2D eigenvalue weighted by molar-refractivity contribution is 0.269. The molecule has 1 aromatic heterocycles. The van der Waals surface area contributed by atoms with Crippen molar-refractivity contribution in [1.29, 1.82) is 0 Å². The van der Waals surface area contributed by atoms with E-state index in [0.717, 1.165) is 16.8 Å². The molecule has 0 aliphatic heterocycles. The van der Waals surface area contributed by atoms with Gasteiger partial charge in [0.1, 0.15) is 6.61 Å². The lowest BCUT2D eigenvalue weighted by atomic mass is 10.2. The van der Waals surface area contributed by atoms with Crippen molar-refractivity contribution < 1.29 is 9.47 Å². The van der Waals surface area contributed by atoms with Crippen molar-refractivity contribution in [1.82, 2.24) is 0 Å². The highest BCUT2D eigenvalue weighted by Gasteiger charge is 2.06. The van der Waals surface area contributed by atoms with Crippen molar-refractivity contribution >= 4 is 27.3 Å². The third kappa shape index (κ3) is 3.50. The highest BCUT2D eigenvalue weighted by atomic mass is 79.9. The lowest BCUT2D eigenvalue weighted by Gasteiger charge is -2.12. The number of alkyl halides is 1. The first-order chi connectivity index (χ1) is 8.83. The summed E-state index contributed by atoms with van der Waals surface area (Å²) in [5.41, 5.74) is 2.37. The molecule has 2 rings (SSSR count). The Balaban J connectivity index is 2.10. The minimum Gasteiger partial charge on any atom is -0.490 e. The van der Waals surface area contributed by atoms with E-state index in [-0.39, 0.29) is 0 Å². The van der Waals surface area contributed by atoms with Crippen LogP contribution in [0.25, 0.3) is 0 Å². The van der Waals surface area contributed by atoms with Crippen molar-refractivity contribution in [2.45, 2.75) is 18.9 Å². The van der Waals surface area contributed by atoms with Gasteiger partial charge >= 0.3 is 0 Å². The van der Waals surface area contributed by atoms with Crippen LogP contribution in [-0.4, -0.2) is 6.61 Å². The summed E-state index contributed by atoms with van der Waals surface area (Å²) < 4.78 is 11.4. The van der Waals surface area contributed by atoms with Gasteiger partial charge in [0, 0.05) is 5.33 Å². The quantitative estimate of drug-likeness (QED) is 0.721. The van der Waals surface area contributed by atoms with E-state index in [9.17, 15) is 0 Å². The minimum atomic E-state index is 0.581. The second kappa shape index (κ2) is 6.81. The molecule has 96 valence electrons. The fourth-order valence-electron chi connectivity index (χ4n) is 1.56. The number of benzene rings is 1. The van der Waals surface area contributed by atoms with E-state index in [2.05, 4.69) is 32.8 Å². The molecule has 0 saturated heterocycles. The molecule has 1 aromatic carbocycles. The van der Waals surface area contributed by atoms with Gasteiger partial charge in [-0.15, -0.1) is 0 Å². The fraction of sp³-hybridized carbons (Fsp3) is 0.286. The molecule has 0 spiro atoms. The van der Waals surface area contributed by atoms with Crippen molar-refractivity contribution in [2.24, 2.45) is 0 Å². The van der Waals surface area contributed by atoms with E-state index in [1.807, 2.05) is 25.1 Å². The molecule has 0 amide bonds. The average molecular weight is 327 g/mol. The summed E-state index contributed by atoms with van der Waals surface area (Å²) in [6.07, 6.45) is 0. The summed E-state index contributed by atoms with van der Waals surface area (Å²) in [5, 5.41) is 4.96. The van der Waals surface area contributed by atoms with Gasteiger partial charge in [0.2, 0.25) is 0 Å². The van der Waals surface area contributed by atoms with Crippen LogP contribution >= 0.6 is 27.3 Å². The summed E-state index contributed by atoms with van der Waals surface area (Å²) in [6.45, 7) is 3.20. The van der Waals surface area contributed by atoms with Gasteiger partial charge < -0.3 is 9.47 Å². The molecule has 2 nitrogen and oxygen atoms in total. The van der Waals surface area contributed by atoms with Gasteiger partial charge in [-0.25, -0.2) is 0 Å². The fourth-order valence-corrected chi connectivity index (χ4v) is 2.56. The summed E-state index contributed by atoms with van der Waals surface area (Å²) in [5.74, 6) is 1.61. The molecule has 0 N–H and O–H groups in total. The summed E-state index contributed by atoms with van der Waals surface area (Å²) in [6, 6.07) is 8.09. The highest BCUT2D eigenvalue weighted by Crippen LogP contribution is 2.30. The number of halogens is 1. The summed E-state index contributed by atoms with van der Waals surface area (Å²) >= 11 is 5.12. The van der Waals surface area contributed by atoms with Crippen LogP contribution in [0.3, 0.4) is 0 Å². The predicted molar refractivity (Wildman–Crippen MR) is 78.9 cm³/mol. The third-order valence-electron chi connectivity index (χ3n) is 2.44. The van der Waals surface area contributed by atoms with E-state index < -0.39 is 0 Å². The Labute approximate surface area is 120 Å². The molecule has 0 aliphatic rings. The van der Waals surface area contributed by atoms with E-state index >= 15 is 0 Å². The van der Waals surface area contributed by atoms with Crippen molar-refractivity contribution in [3.63, 3.8) is 0 Å². The zero-order valence-electron chi connectivity index (χ0n) is 10.2. The van der Waals surface area contributed by atoms with Crippen molar-refractivity contribution in [3.05, 3.63) is 46.2 Å². The van der Waals surface area contributed by atoms with Crippen LogP contribution in [0.4, 0.5) is 0 Å². The lowest BCUT2D eigenvalue weighted by Crippen LogP contribution is -1.99. The van der Waals surface area contributed by atoms with E-state index in [0.29, 0.717) is 13.2 Å². The number of thiophene rings is 1. The first-order valence-corrected chi connectivity index (χ1v) is 7.85. The smallest absolute Gasteiger partial charge is 0.161 e. The Morgan fingerprint density at radius 2 is 2.00 bits per heavy atom. The van der Waals surface area contributed by atoms with Gasteiger partial charge in [-0.05, 0) is 47.0 Å². The predicted octanol–water partition coefficient (Wildman–Crippen LogP) is 4.62. The maximum absolute atomic E-state index is 5.80. The van der Waals surface area contributed by atoms with Crippen LogP contribution in [0.1, 0.15) is 18.1 Å². The first kappa shape index (κ1) is 13.4. The maximum Gasteiger partial charge on any atom is 0.161 e.